The van der Waals surface area contributed by atoms with Gasteiger partial charge in [-0.15, -0.1) is 11.3 Å². The summed E-state index contributed by atoms with van der Waals surface area (Å²) in [6.45, 7) is 1.21. The summed E-state index contributed by atoms with van der Waals surface area (Å²) in [5.41, 5.74) is 0. The first-order valence-corrected chi connectivity index (χ1v) is 3.67. The van der Waals surface area contributed by atoms with Gasteiger partial charge in [-0.1, -0.05) is 0 Å². The van der Waals surface area contributed by atoms with E-state index in [9.17, 15) is 9.18 Å². The van der Waals surface area contributed by atoms with Gasteiger partial charge in [-0.05, 0) is 6.92 Å². The molecule has 0 saturated heterocycles. The number of halogens is 1. The molecule has 54 valence electrons. The quantitative estimate of drug-likeness (QED) is 0.614. The van der Waals surface area contributed by atoms with Crippen molar-refractivity contribution in [2.75, 3.05) is 0 Å². The van der Waals surface area contributed by atoms with E-state index in [-0.39, 0.29) is 5.01 Å². The third-order valence-corrected chi connectivity index (χ3v) is 1.79. The van der Waals surface area contributed by atoms with Gasteiger partial charge in [0.25, 0.3) is 0 Å². The Morgan fingerprint density at radius 1 is 1.90 bits per heavy atom. The van der Waals surface area contributed by atoms with Crippen molar-refractivity contribution in [2.45, 2.75) is 13.1 Å². The fourth-order valence-electron chi connectivity index (χ4n) is 0.515. The van der Waals surface area contributed by atoms with Crippen molar-refractivity contribution in [3.63, 3.8) is 0 Å². The molecule has 0 radical (unpaired) electrons. The van der Waals surface area contributed by atoms with Gasteiger partial charge in [0.1, 0.15) is 0 Å². The van der Waals surface area contributed by atoms with Crippen LogP contribution in [0.4, 0.5) is 4.39 Å². The predicted octanol–water partition coefficient (Wildman–Crippen LogP) is 1.68. The van der Waals surface area contributed by atoms with Crippen molar-refractivity contribution in [1.82, 2.24) is 4.98 Å². The number of thiazole rings is 1. The summed E-state index contributed by atoms with van der Waals surface area (Å²) >= 11 is 1.16. The van der Waals surface area contributed by atoms with E-state index in [1.54, 1.807) is 5.38 Å². The van der Waals surface area contributed by atoms with Crippen molar-refractivity contribution in [3.05, 3.63) is 16.6 Å². The van der Waals surface area contributed by atoms with E-state index in [1.807, 2.05) is 0 Å². The molecule has 2 nitrogen and oxygen atoms in total. The zero-order valence-corrected chi connectivity index (χ0v) is 6.19. The number of carbonyl (C=O) groups excluding carboxylic acids is 1. The largest absolute Gasteiger partial charge is 0.288 e. The maximum absolute atomic E-state index is 12.3. The highest BCUT2D eigenvalue weighted by atomic mass is 32.1. The van der Waals surface area contributed by atoms with Crippen LogP contribution in [0.1, 0.15) is 16.7 Å². The lowest BCUT2D eigenvalue weighted by atomic mass is 10.3. The monoisotopic (exact) mass is 159 g/mol. The molecule has 0 aliphatic carbocycles. The van der Waals surface area contributed by atoms with E-state index in [2.05, 4.69) is 4.98 Å². The van der Waals surface area contributed by atoms with E-state index in [0.717, 1.165) is 11.3 Å². The first-order chi connectivity index (χ1) is 4.72. The van der Waals surface area contributed by atoms with Gasteiger partial charge in [-0.25, -0.2) is 9.37 Å². The third-order valence-electron chi connectivity index (χ3n) is 1.00. The van der Waals surface area contributed by atoms with E-state index in [4.69, 9.17) is 0 Å². The van der Waals surface area contributed by atoms with Gasteiger partial charge in [0.15, 0.2) is 11.2 Å². The highest BCUT2D eigenvalue weighted by molar-refractivity contribution is 7.11. The minimum Gasteiger partial charge on any atom is -0.288 e. The Bertz CT molecular complexity index is 220. The molecular weight excluding hydrogens is 153 g/mol. The fraction of sp³-hybridized carbons (Fsp3) is 0.333. The first kappa shape index (κ1) is 7.34. The van der Waals surface area contributed by atoms with Crippen LogP contribution in [-0.2, 0) is 0 Å². The molecule has 1 atom stereocenters. The van der Waals surface area contributed by atoms with Crippen molar-refractivity contribution in [2.24, 2.45) is 0 Å². The Balaban J connectivity index is 2.78. The summed E-state index contributed by atoms with van der Waals surface area (Å²) in [5.74, 6) is -0.532. The van der Waals surface area contributed by atoms with Gasteiger partial charge < -0.3 is 0 Å². The molecule has 10 heavy (non-hydrogen) atoms. The molecule has 0 spiro atoms. The van der Waals surface area contributed by atoms with E-state index in [1.165, 1.54) is 13.1 Å². The van der Waals surface area contributed by atoms with Gasteiger partial charge in [0.2, 0.25) is 5.78 Å². The van der Waals surface area contributed by atoms with Gasteiger partial charge in [0.05, 0.1) is 0 Å². The molecule has 0 aliphatic rings. The highest BCUT2D eigenvalue weighted by Gasteiger charge is 2.15. The number of hydrogen-bond donors (Lipinski definition) is 0. The lowest BCUT2D eigenvalue weighted by molar-refractivity contribution is 0.0892. The Morgan fingerprint density at radius 3 is 3.00 bits per heavy atom. The summed E-state index contributed by atoms with van der Waals surface area (Å²) in [7, 11) is 0. The molecule has 1 aromatic heterocycles. The lowest BCUT2D eigenvalue weighted by Crippen LogP contribution is -2.10. The zero-order chi connectivity index (χ0) is 7.56. The Morgan fingerprint density at radius 2 is 2.60 bits per heavy atom. The average molecular weight is 159 g/mol. The average Bonchev–Trinajstić information content (AvgIpc) is 2.36. The second-order valence-corrected chi connectivity index (χ2v) is 2.71. The van der Waals surface area contributed by atoms with E-state index >= 15 is 0 Å². The Hall–Kier alpha value is -0.770. The Kier molecular flexibility index (Phi) is 2.11. The minimum atomic E-state index is -1.44. The molecule has 0 aliphatic heterocycles. The van der Waals surface area contributed by atoms with Crippen molar-refractivity contribution < 1.29 is 9.18 Å². The van der Waals surface area contributed by atoms with Crippen molar-refractivity contribution in [1.29, 1.82) is 0 Å². The summed E-state index contributed by atoms with van der Waals surface area (Å²) in [6, 6.07) is 0. The van der Waals surface area contributed by atoms with Crippen LogP contribution < -0.4 is 0 Å². The van der Waals surface area contributed by atoms with Crippen LogP contribution in [0.15, 0.2) is 11.6 Å². The van der Waals surface area contributed by atoms with Crippen LogP contribution in [0.25, 0.3) is 0 Å². The topological polar surface area (TPSA) is 30.0 Å². The molecule has 0 amide bonds. The van der Waals surface area contributed by atoms with Crippen LogP contribution in [0.3, 0.4) is 0 Å². The maximum atomic E-state index is 12.3. The molecule has 1 rings (SSSR count). The molecule has 4 heteroatoms. The van der Waals surface area contributed by atoms with Crippen LogP contribution in [0.2, 0.25) is 0 Å². The summed E-state index contributed by atoms with van der Waals surface area (Å²) in [4.78, 5) is 14.4. The molecule has 0 bridgehead atoms. The molecule has 1 aromatic rings. The fourth-order valence-corrected chi connectivity index (χ4v) is 1.17. The number of alkyl halides is 1. The highest BCUT2D eigenvalue weighted by Crippen LogP contribution is 2.08. The maximum Gasteiger partial charge on any atom is 0.225 e. The lowest BCUT2D eigenvalue weighted by Gasteiger charge is -1.93. The van der Waals surface area contributed by atoms with Crippen LogP contribution in [-0.4, -0.2) is 16.9 Å². The van der Waals surface area contributed by atoms with E-state index < -0.39 is 12.0 Å². The molecule has 0 aromatic carbocycles. The molecular formula is C6H6FNOS. The SMILES string of the molecule is CC(F)C(=O)c1nccs1. The second-order valence-electron chi connectivity index (χ2n) is 1.82. The van der Waals surface area contributed by atoms with Crippen molar-refractivity contribution in [3.8, 4) is 0 Å². The Labute approximate surface area is 61.7 Å². The van der Waals surface area contributed by atoms with Crippen LogP contribution >= 0.6 is 11.3 Å². The van der Waals surface area contributed by atoms with E-state index in [0.29, 0.717) is 0 Å². The molecule has 1 heterocycles. The number of ketones is 1. The summed E-state index contributed by atoms with van der Waals surface area (Å²) < 4.78 is 12.3. The number of carbonyl (C=O) groups is 1. The van der Waals surface area contributed by atoms with Gasteiger partial charge in [-0.3, -0.25) is 4.79 Å². The number of aromatic nitrogens is 1. The number of nitrogens with zero attached hydrogens (tertiary/aromatic N) is 1. The van der Waals surface area contributed by atoms with Gasteiger partial charge in [-0.2, -0.15) is 0 Å². The molecule has 0 saturated carbocycles. The van der Waals surface area contributed by atoms with Gasteiger partial charge >= 0.3 is 0 Å². The standard InChI is InChI=1S/C6H6FNOS/c1-4(7)5(9)6-8-2-3-10-6/h2-4H,1H3. The normalized spacial score (nSPS) is 13.0. The molecule has 0 N–H and O–H groups in total. The first-order valence-electron chi connectivity index (χ1n) is 2.79. The molecule has 0 fully saturated rings. The summed E-state index contributed by atoms with van der Waals surface area (Å²) in [6.07, 6.45) is 0.0476. The molecule has 1 unspecified atom stereocenters. The summed E-state index contributed by atoms with van der Waals surface area (Å²) in [5, 5.41) is 1.89. The predicted molar refractivity (Wildman–Crippen MR) is 37.0 cm³/mol. The minimum absolute atomic E-state index is 0.245. The number of Topliss-reactive ketones (excluding diaryl/α,β-unsaturated/α-hetero) is 1. The van der Waals surface area contributed by atoms with Crippen LogP contribution in [0.5, 0.6) is 0 Å². The number of rotatable bonds is 2. The smallest absolute Gasteiger partial charge is 0.225 e. The van der Waals surface area contributed by atoms with Crippen molar-refractivity contribution >= 4 is 17.1 Å². The second kappa shape index (κ2) is 2.88. The third kappa shape index (κ3) is 1.39. The van der Waals surface area contributed by atoms with Gasteiger partial charge in [0, 0.05) is 11.6 Å². The number of hydrogen-bond acceptors (Lipinski definition) is 3. The van der Waals surface area contributed by atoms with Crippen LogP contribution in [0, 0.1) is 0 Å². The zero-order valence-electron chi connectivity index (χ0n) is 5.37.